The van der Waals surface area contributed by atoms with Crippen LogP contribution < -0.4 is 11.5 Å². The van der Waals surface area contributed by atoms with Crippen molar-refractivity contribution in [3.05, 3.63) is 59.4 Å². The molecule has 146 valence electrons. The van der Waals surface area contributed by atoms with Crippen molar-refractivity contribution < 1.29 is 21.8 Å². The molecule has 0 saturated heterocycles. The number of carbonyl (C=O) groups is 1. The van der Waals surface area contributed by atoms with Crippen LogP contribution >= 0.6 is 0 Å². The fourth-order valence-corrected chi connectivity index (χ4v) is 3.83. The molecular formula is C19H23FN2O4S. The van der Waals surface area contributed by atoms with E-state index in [4.69, 9.17) is 11.5 Å². The second-order valence-electron chi connectivity index (χ2n) is 7.38. The van der Waals surface area contributed by atoms with Gasteiger partial charge in [-0.3, -0.25) is 0 Å². The second-order valence-corrected chi connectivity index (χ2v) is 8.89. The third-order valence-corrected chi connectivity index (χ3v) is 5.55. The molecule has 4 N–H and O–H groups in total. The summed E-state index contributed by atoms with van der Waals surface area (Å²) >= 11 is 0. The number of nitrogen functional groups attached to an aromatic ring is 1. The number of nitrogens with two attached hydrogens (primary N) is 2. The number of anilines is 1. The molecule has 1 atom stereocenters. The third-order valence-electron chi connectivity index (χ3n) is 4.31. The van der Waals surface area contributed by atoms with Crippen LogP contribution in [0.2, 0.25) is 0 Å². The van der Waals surface area contributed by atoms with Crippen molar-refractivity contribution in [2.24, 2.45) is 11.1 Å². The molecule has 27 heavy (non-hydrogen) atoms. The summed E-state index contributed by atoms with van der Waals surface area (Å²) in [6, 6.07) is 11.2. The molecule has 0 spiro atoms. The number of benzene rings is 2. The molecule has 8 heteroatoms. The van der Waals surface area contributed by atoms with E-state index >= 15 is 0 Å². The van der Waals surface area contributed by atoms with Crippen molar-refractivity contribution in [2.75, 3.05) is 5.73 Å². The van der Waals surface area contributed by atoms with Crippen molar-refractivity contribution in [3.63, 3.8) is 0 Å². The van der Waals surface area contributed by atoms with E-state index in [2.05, 4.69) is 4.18 Å². The smallest absolute Gasteiger partial charge is 0.399 e. The minimum Gasteiger partial charge on any atom is -0.399 e. The van der Waals surface area contributed by atoms with Crippen LogP contribution in [0.3, 0.4) is 0 Å². The Morgan fingerprint density at radius 3 is 2.26 bits per heavy atom. The van der Waals surface area contributed by atoms with Crippen molar-refractivity contribution in [3.8, 4) is 0 Å². The van der Waals surface area contributed by atoms with E-state index in [0.717, 1.165) is 11.6 Å². The summed E-state index contributed by atoms with van der Waals surface area (Å²) in [6.07, 6.45) is -1.27. The topological polar surface area (TPSA) is 112 Å². The van der Waals surface area contributed by atoms with Crippen molar-refractivity contribution >= 4 is 21.9 Å². The zero-order valence-electron chi connectivity index (χ0n) is 15.4. The van der Waals surface area contributed by atoms with Crippen LogP contribution in [0.15, 0.2) is 47.4 Å². The van der Waals surface area contributed by atoms with E-state index < -0.39 is 26.9 Å². The lowest BCUT2D eigenvalue weighted by Crippen LogP contribution is -2.22. The average Bonchev–Trinajstić information content (AvgIpc) is 2.52. The lowest BCUT2D eigenvalue weighted by atomic mass is 9.73. The molecule has 2 rings (SSSR count). The molecule has 0 heterocycles. The molecule has 1 unspecified atom stereocenters. The zero-order valence-corrected chi connectivity index (χ0v) is 16.2. The van der Waals surface area contributed by atoms with Crippen molar-refractivity contribution in [2.45, 2.75) is 38.0 Å². The van der Waals surface area contributed by atoms with E-state index in [1.54, 1.807) is 12.1 Å². The van der Waals surface area contributed by atoms with Crippen LogP contribution in [0.25, 0.3) is 0 Å². The van der Waals surface area contributed by atoms with E-state index in [0.29, 0.717) is 5.69 Å². The first-order valence-electron chi connectivity index (χ1n) is 8.28. The molecule has 0 aromatic heterocycles. The van der Waals surface area contributed by atoms with Crippen LogP contribution in [0.5, 0.6) is 0 Å². The van der Waals surface area contributed by atoms with E-state index in [-0.39, 0.29) is 23.3 Å². The number of carbonyl (C=O) groups excluding carboxylic acids is 1. The van der Waals surface area contributed by atoms with Crippen LogP contribution in [-0.2, 0) is 20.7 Å². The highest BCUT2D eigenvalue weighted by atomic mass is 32.2. The Morgan fingerprint density at radius 1 is 1.15 bits per heavy atom. The minimum atomic E-state index is -4.62. The van der Waals surface area contributed by atoms with Gasteiger partial charge < -0.3 is 15.7 Å². The van der Waals surface area contributed by atoms with Crippen molar-refractivity contribution in [1.82, 2.24) is 0 Å². The Morgan fingerprint density at radius 2 is 1.74 bits per heavy atom. The molecule has 0 aliphatic heterocycles. The highest BCUT2D eigenvalue weighted by molar-refractivity contribution is 7.87. The van der Waals surface area contributed by atoms with Crippen molar-refractivity contribution in [1.29, 1.82) is 0 Å². The van der Waals surface area contributed by atoms with Gasteiger partial charge in [0, 0.05) is 5.69 Å². The highest BCUT2D eigenvalue weighted by Crippen LogP contribution is 2.39. The Labute approximate surface area is 158 Å². The highest BCUT2D eigenvalue weighted by Gasteiger charge is 2.30. The first-order valence-corrected chi connectivity index (χ1v) is 9.69. The standard InChI is InChI=1S/C19H23FN2O4S/c1-19(2,3)15(12-7-9-14(21)10-8-12)11-13-5-4-6-16(17(13)20)27(24,25)26-18(22)23/h4-10,15H,11,21H2,1-3H3,(H2,22,23). The fraction of sp³-hybridized carbons (Fsp3) is 0.316. The van der Waals surface area contributed by atoms with Crippen LogP contribution in [0.1, 0.15) is 37.8 Å². The predicted octanol–water partition coefficient (Wildman–Crippen LogP) is 3.56. The Kier molecular flexibility index (Phi) is 5.79. The van der Waals surface area contributed by atoms with Crippen LogP contribution in [-0.4, -0.2) is 14.5 Å². The predicted molar refractivity (Wildman–Crippen MR) is 101 cm³/mol. The van der Waals surface area contributed by atoms with Gasteiger partial charge in [-0.25, -0.2) is 9.18 Å². The van der Waals surface area contributed by atoms with Gasteiger partial charge in [0.1, 0.15) is 10.7 Å². The second kappa shape index (κ2) is 7.56. The summed E-state index contributed by atoms with van der Waals surface area (Å²) in [5.41, 5.74) is 12.0. The van der Waals surface area contributed by atoms with Gasteiger partial charge >= 0.3 is 16.2 Å². The molecule has 1 amide bonds. The lowest BCUT2D eigenvalue weighted by molar-refractivity contribution is 0.212. The molecular weight excluding hydrogens is 371 g/mol. The molecule has 0 fully saturated rings. The normalized spacial score (nSPS) is 13.2. The van der Waals surface area contributed by atoms with Gasteiger partial charge in [0.15, 0.2) is 0 Å². The van der Waals surface area contributed by atoms with Gasteiger partial charge in [0.05, 0.1) is 0 Å². The monoisotopic (exact) mass is 394 g/mol. The van der Waals surface area contributed by atoms with Gasteiger partial charge in [-0.2, -0.15) is 8.42 Å². The molecule has 0 aliphatic carbocycles. The molecule has 0 aliphatic rings. The SMILES string of the molecule is CC(C)(C)C(Cc1cccc(S(=O)(=O)OC(N)=O)c1F)c1ccc(N)cc1. The summed E-state index contributed by atoms with van der Waals surface area (Å²) in [5.74, 6) is -1.06. The number of primary amides is 1. The Hall–Kier alpha value is -2.61. The van der Waals surface area contributed by atoms with Crippen LogP contribution in [0.4, 0.5) is 14.9 Å². The first kappa shape index (κ1) is 20.7. The molecule has 2 aromatic carbocycles. The lowest BCUT2D eigenvalue weighted by Gasteiger charge is -2.31. The molecule has 0 saturated carbocycles. The van der Waals surface area contributed by atoms with Crippen LogP contribution in [0, 0.1) is 11.2 Å². The largest absolute Gasteiger partial charge is 0.420 e. The molecule has 6 nitrogen and oxygen atoms in total. The molecule has 2 aromatic rings. The summed E-state index contributed by atoms with van der Waals surface area (Å²) in [4.78, 5) is 10.1. The average molecular weight is 394 g/mol. The fourth-order valence-electron chi connectivity index (χ4n) is 2.93. The number of rotatable bonds is 5. The number of hydrogen-bond donors (Lipinski definition) is 2. The van der Waals surface area contributed by atoms with E-state index in [1.807, 2.05) is 32.9 Å². The van der Waals surface area contributed by atoms with Gasteiger partial charge in [-0.15, -0.1) is 0 Å². The van der Waals surface area contributed by atoms with Gasteiger partial charge in [-0.1, -0.05) is 45.0 Å². The minimum absolute atomic E-state index is 0.109. The van der Waals surface area contributed by atoms with Gasteiger partial charge in [0.2, 0.25) is 0 Å². The number of halogens is 1. The summed E-state index contributed by atoms with van der Waals surface area (Å²) in [7, 11) is -4.62. The third kappa shape index (κ3) is 4.97. The summed E-state index contributed by atoms with van der Waals surface area (Å²) < 4.78 is 43.1. The van der Waals surface area contributed by atoms with E-state index in [9.17, 15) is 17.6 Å². The Balaban J connectivity index is 2.46. The molecule has 0 bridgehead atoms. The van der Waals surface area contributed by atoms with E-state index in [1.165, 1.54) is 12.1 Å². The zero-order chi connectivity index (χ0) is 20.4. The maximum Gasteiger partial charge on any atom is 0.420 e. The van der Waals surface area contributed by atoms with Gasteiger partial charge in [0.25, 0.3) is 0 Å². The maximum absolute atomic E-state index is 14.9. The number of amides is 1. The maximum atomic E-state index is 14.9. The summed E-state index contributed by atoms with van der Waals surface area (Å²) in [6.45, 7) is 6.05. The number of hydrogen-bond acceptors (Lipinski definition) is 5. The molecule has 0 radical (unpaired) electrons. The first-order chi connectivity index (χ1) is 12.4. The quantitative estimate of drug-likeness (QED) is 0.595. The Bertz CT molecular complexity index is 935. The summed E-state index contributed by atoms with van der Waals surface area (Å²) in [5, 5.41) is 0. The van der Waals surface area contributed by atoms with Gasteiger partial charge in [-0.05, 0) is 47.1 Å².